The van der Waals surface area contributed by atoms with E-state index in [2.05, 4.69) is 11.9 Å². The number of hydrogen-bond acceptors (Lipinski definition) is 5. The van der Waals surface area contributed by atoms with Crippen molar-refractivity contribution in [1.29, 1.82) is 0 Å². The molecule has 0 fully saturated rings. The summed E-state index contributed by atoms with van der Waals surface area (Å²) in [5.74, 6) is 0.0384. The Balaban J connectivity index is 1.71. The molecular weight excluding hydrogens is 580 g/mol. The molecule has 6 nitrogen and oxygen atoms in total. The molecule has 1 aliphatic rings. The largest absolute Gasteiger partial charge is 0.494 e. The Labute approximate surface area is 245 Å². The standard InChI is InChI=1S/C30H27Cl2F3N2O4/c1-2-14-29(28(39)36-18-20-6-3-4-7-24(20)30(33,34)35)26(23-13-10-21(31)17-25(23)32)41-27(37-29)19-8-11-22(12-9-19)40-16-5-15-38/h2-4,6-13,17,26,38H,1,5,14-16,18H2,(H,36,39)/t26-,29-/m1/s1. The van der Waals surface area contributed by atoms with Gasteiger partial charge < -0.3 is 19.9 Å². The number of aliphatic hydroxyl groups excluding tert-OH is 1. The number of nitrogens with one attached hydrogen (secondary N) is 1. The minimum absolute atomic E-state index is 0.00473. The van der Waals surface area contributed by atoms with Crippen LogP contribution in [0.5, 0.6) is 5.75 Å². The Morgan fingerprint density at radius 2 is 1.88 bits per heavy atom. The first-order valence-electron chi connectivity index (χ1n) is 12.7. The Bertz CT molecular complexity index is 1430. The van der Waals surface area contributed by atoms with Crippen molar-refractivity contribution in [2.24, 2.45) is 4.99 Å². The highest BCUT2D eigenvalue weighted by Crippen LogP contribution is 2.45. The summed E-state index contributed by atoms with van der Waals surface area (Å²) >= 11 is 12.6. The highest BCUT2D eigenvalue weighted by atomic mass is 35.5. The van der Waals surface area contributed by atoms with E-state index in [4.69, 9.17) is 42.8 Å². The lowest BCUT2D eigenvalue weighted by molar-refractivity contribution is -0.138. The molecule has 0 saturated carbocycles. The predicted molar refractivity (Wildman–Crippen MR) is 151 cm³/mol. The minimum atomic E-state index is -4.59. The summed E-state index contributed by atoms with van der Waals surface area (Å²) in [4.78, 5) is 18.6. The van der Waals surface area contributed by atoms with Gasteiger partial charge in [0.25, 0.3) is 5.91 Å². The van der Waals surface area contributed by atoms with Crippen molar-refractivity contribution in [2.45, 2.75) is 37.2 Å². The van der Waals surface area contributed by atoms with E-state index >= 15 is 0 Å². The number of halogens is 5. The molecule has 2 N–H and O–H groups in total. The lowest BCUT2D eigenvalue weighted by Crippen LogP contribution is -2.48. The van der Waals surface area contributed by atoms with E-state index in [1.54, 1.807) is 36.4 Å². The first-order valence-corrected chi connectivity index (χ1v) is 13.4. The molecule has 2 atom stereocenters. The molecule has 0 unspecified atom stereocenters. The summed E-state index contributed by atoms with van der Waals surface area (Å²) in [7, 11) is 0. The molecule has 0 radical (unpaired) electrons. The maximum atomic E-state index is 13.9. The highest BCUT2D eigenvalue weighted by molar-refractivity contribution is 6.35. The molecule has 0 aromatic heterocycles. The van der Waals surface area contributed by atoms with Crippen LogP contribution in [0.15, 0.2) is 84.4 Å². The predicted octanol–water partition coefficient (Wildman–Crippen LogP) is 6.92. The SMILES string of the molecule is C=CC[C@@]1(C(=O)NCc2ccccc2C(F)(F)F)N=C(c2ccc(OCCCO)cc2)O[C@@H]1c1ccc(Cl)cc1Cl. The number of benzene rings is 3. The average molecular weight is 607 g/mol. The maximum absolute atomic E-state index is 13.9. The van der Waals surface area contributed by atoms with Gasteiger partial charge in [0.2, 0.25) is 5.90 Å². The number of carbonyl (C=O) groups is 1. The topological polar surface area (TPSA) is 80.2 Å². The van der Waals surface area contributed by atoms with Crippen LogP contribution in [0.2, 0.25) is 10.0 Å². The number of rotatable bonds is 11. The molecule has 216 valence electrons. The van der Waals surface area contributed by atoms with Gasteiger partial charge >= 0.3 is 6.18 Å². The van der Waals surface area contributed by atoms with Crippen LogP contribution in [0.4, 0.5) is 13.2 Å². The van der Waals surface area contributed by atoms with E-state index in [0.717, 1.165) is 6.07 Å². The van der Waals surface area contributed by atoms with Crippen molar-refractivity contribution in [1.82, 2.24) is 5.32 Å². The second-order valence-corrected chi connectivity index (χ2v) is 10.1. The second-order valence-electron chi connectivity index (χ2n) is 9.29. The zero-order valence-electron chi connectivity index (χ0n) is 21.8. The molecule has 0 bridgehead atoms. The van der Waals surface area contributed by atoms with E-state index in [9.17, 15) is 18.0 Å². The third kappa shape index (κ3) is 6.86. The number of aliphatic imine (C=N–C) groups is 1. The molecular formula is C30H27Cl2F3N2O4. The molecule has 0 spiro atoms. The van der Waals surface area contributed by atoms with E-state index in [0.29, 0.717) is 34.9 Å². The molecule has 41 heavy (non-hydrogen) atoms. The van der Waals surface area contributed by atoms with Crippen molar-refractivity contribution in [3.05, 3.63) is 112 Å². The molecule has 1 amide bonds. The van der Waals surface area contributed by atoms with Gasteiger partial charge in [-0.15, -0.1) is 6.58 Å². The molecule has 3 aromatic carbocycles. The number of aliphatic hydroxyl groups is 1. The van der Waals surface area contributed by atoms with Crippen LogP contribution in [-0.2, 0) is 22.3 Å². The van der Waals surface area contributed by atoms with E-state index in [1.807, 2.05) is 0 Å². The van der Waals surface area contributed by atoms with Gasteiger partial charge in [0.15, 0.2) is 11.6 Å². The molecule has 4 rings (SSSR count). The van der Waals surface area contributed by atoms with Crippen LogP contribution in [-0.4, -0.2) is 35.7 Å². The lowest BCUT2D eigenvalue weighted by Gasteiger charge is -2.30. The third-order valence-corrected chi connectivity index (χ3v) is 7.06. The first kappa shape index (κ1) is 30.4. The van der Waals surface area contributed by atoms with Gasteiger partial charge in [0.1, 0.15) is 5.75 Å². The summed E-state index contributed by atoms with van der Waals surface area (Å²) in [6, 6.07) is 16.6. The van der Waals surface area contributed by atoms with Crippen LogP contribution < -0.4 is 10.1 Å². The van der Waals surface area contributed by atoms with Gasteiger partial charge in [0, 0.05) is 47.2 Å². The van der Waals surface area contributed by atoms with E-state index in [1.165, 1.54) is 30.3 Å². The summed E-state index contributed by atoms with van der Waals surface area (Å²) in [5.41, 5.74) is -1.62. The quantitative estimate of drug-likeness (QED) is 0.183. The van der Waals surface area contributed by atoms with Crippen molar-refractivity contribution >= 4 is 35.0 Å². The Morgan fingerprint density at radius 3 is 2.54 bits per heavy atom. The van der Waals surface area contributed by atoms with Gasteiger partial charge in [-0.25, -0.2) is 4.99 Å². The number of carbonyl (C=O) groups excluding carboxylic acids is 1. The lowest BCUT2D eigenvalue weighted by atomic mass is 9.84. The maximum Gasteiger partial charge on any atom is 0.416 e. The number of amides is 1. The summed E-state index contributed by atoms with van der Waals surface area (Å²) in [5, 5.41) is 12.2. The van der Waals surface area contributed by atoms with Gasteiger partial charge in [-0.2, -0.15) is 13.2 Å². The van der Waals surface area contributed by atoms with Crippen LogP contribution in [0.1, 0.15) is 41.2 Å². The normalized spacial score (nSPS) is 18.4. The zero-order valence-corrected chi connectivity index (χ0v) is 23.3. The van der Waals surface area contributed by atoms with Gasteiger partial charge in [-0.1, -0.05) is 53.5 Å². The Hall–Kier alpha value is -3.53. The van der Waals surface area contributed by atoms with Gasteiger partial charge in [0.05, 0.1) is 12.2 Å². The van der Waals surface area contributed by atoms with E-state index in [-0.39, 0.29) is 36.1 Å². The molecule has 1 aliphatic heterocycles. The van der Waals surface area contributed by atoms with Crippen LogP contribution >= 0.6 is 23.2 Å². The monoisotopic (exact) mass is 606 g/mol. The first-order chi connectivity index (χ1) is 19.6. The Kier molecular flexibility index (Phi) is 9.63. The van der Waals surface area contributed by atoms with Crippen molar-refractivity contribution in [3.63, 3.8) is 0 Å². The highest BCUT2D eigenvalue weighted by Gasteiger charge is 2.53. The fraction of sp³-hybridized carbons (Fsp3) is 0.267. The van der Waals surface area contributed by atoms with Gasteiger partial charge in [-0.05, 0) is 48.0 Å². The smallest absolute Gasteiger partial charge is 0.416 e. The third-order valence-electron chi connectivity index (χ3n) is 6.49. The van der Waals surface area contributed by atoms with Crippen molar-refractivity contribution < 1.29 is 32.5 Å². The molecule has 0 saturated heterocycles. The fourth-order valence-corrected chi connectivity index (χ4v) is 5.01. The number of alkyl halides is 3. The zero-order chi connectivity index (χ0) is 29.6. The second kappa shape index (κ2) is 13.0. The minimum Gasteiger partial charge on any atom is -0.494 e. The average Bonchev–Trinajstić information content (AvgIpc) is 3.32. The van der Waals surface area contributed by atoms with Gasteiger partial charge in [-0.3, -0.25) is 4.79 Å². The molecule has 11 heteroatoms. The van der Waals surface area contributed by atoms with Crippen LogP contribution in [0.3, 0.4) is 0 Å². The van der Waals surface area contributed by atoms with Crippen molar-refractivity contribution in [3.8, 4) is 5.75 Å². The fourth-order valence-electron chi connectivity index (χ4n) is 4.51. The van der Waals surface area contributed by atoms with Crippen LogP contribution in [0, 0.1) is 0 Å². The Morgan fingerprint density at radius 1 is 1.15 bits per heavy atom. The molecule has 0 aliphatic carbocycles. The number of nitrogens with zero attached hydrogens (tertiary/aromatic N) is 1. The number of ether oxygens (including phenoxy) is 2. The molecule has 3 aromatic rings. The summed E-state index contributed by atoms with van der Waals surface area (Å²) in [6.45, 7) is 3.74. The van der Waals surface area contributed by atoms with Crippen LogP contribution in [0.25, 0.3) is 0 Å². The van der Waals surface area contributed by atoms with Crippen molar-refractivity contribution in [2.75, 3.05) is 13.2 Å². The molecule has 1 heterocycles. The van der Waals surface area contributed by atoms with E-state index < -0.39 is 29.3 Å². The summed E-state index contributed by atoms with van der Waals surface area (Å²) < 4.78 is 52.6. The number of hydrogen-bond donors (Lipinski definition) is 2. The summed E-state index contributed by atoms with van der Waals surface area (Å²) in [6.07, 6.45) is -3.66.